The first-order valence-corrected chi connectivity index (χ1v) is 8.37. The van der Waals surface area contributed by atoms with Gasteiger partial charge in [-0.05, 0) is 43.7 Å². The molecule has 2 rings (SSSR count). The fourth-order valence-electron chi connectivity index (χ4n) is 2.01. The summed E-state index contributed by atoms with van der Waals surface area (Å²) in [6.45, 7) is 4.77. The number of halogens is 4. The smallest absolute Gasteiger partial charge is 0.0652 e. The second kappa shape index (κ2) is 6.89. The van der Waals surface area contributed by atoms with Crippen LogP contribution in [-0.4, -0.2) is 0 Å². The Labute approximate surface area is 148 Å². The zero-order valence-electron chi connectivity index (χ0n) is 11.7. The third-order valence-electron chi connectivity index (χ3n) is 3.41. The van der Waals surface area contributed by atoms with Gasteiger partial charge < -0.3 is 5.32 Å². The second-order valence-electron chi connectivity index (χ2n) is 5.31. The normalized spacial score (nSPS) is 11.7. The summed E-state index contributed by atoms with van der Waals surface area (Å²) in [6, 6.07) is 11.7. The number of hydrogen-bond acceptors (Lipinski definition) is 1. The maximum absolute atomic E-state index is 6.23. The van der Waals surface area contributed by atoms with Crippen molar-refractivity contribution in [2.24, 2.45) is 0 Å². The zero-order chi connectivity index (χ0) is 15.6. The van der Waals surface area contributed by atoms with Gasteiger partial charge in [-0.25, -0.2) is 0 Å². The lowest BCUT2D eigenvalue weighted by atomic mass is 9.94. The van der Waals surface area contributed by atoms with E-state index in [0.717, 1.165) is 10.0 Å². The van der Waals surface area contributed by atoms with Gasteiger partial charge in [0.2, 0.25) is 0 Å². The molecule has 0 amide bonds. The van der Waals surface area contributed by atoms with Gasteiger partial charge in [-0.15, -0.1) is 0 Å². The van der Waals surface area contributed by atoms with Crippen molar-refractivity contribution in [2.45, 2.75) is 25.9 Å². The fraction of sp³-hybridized carbons (Fsp3) is 0.250. The topological polar surface area (TPSA) is 12.0 Å². The lowest BCUT2D eigenvalue weighted by molar-refractivity contribution is 0.401. The maximum Gasteiger partial charge on any atom is 0.0652 e. The summed E-state index contributed by atoms with van der Waals surface area (Å²) in [5.41, 5.74) is 1.78. The third kappa shape index (κ3) is 4.14. The molecule has 0 atom stereocenters. The first kappa shape index (κ1) is 17.1. The van der Waals surface area contributed by atoms with Crippen LogP contribution in [-0.2, 0) is 12.1 Å². The lowest BCUT2D eigenvalue weighted by Gasteiger charge is -2.28. The molecule has 0 heterocycles. The molecule has 0 spiro atoms. The van der Waals surface area contributed by atoms with Crippen LogP contribution in [0.1, 0.15) is 25.0 Å². The van der Waals surface area contributed by atoms with E-state index in [1.807, 2.05) is 12.1 Å². The summed E-state index contributed by atoms with van der Waals surface area (Å²) in [7, 11) is 0. The molecule has 2 aromatic carbocycles. The highest BCUT2D eigenvalue weighted by atomic mass is 79.9. The molecule has 21 heavy (non-hydrogen) atoms. The van der Waals surface area contributed by atoms with Crippen molar-refractivity contribution in [2.75, 3.05) is 0 Å². The number of hydrogen-bond donors (Lipinski definition) is 1. The molecule has 0 aliphatic rings. The fourth-order valence-corrected chi connectivity index (χ4v) is 2.95. The van der Waals surface area contributed by atoms with Crippen molar-refractivity contribution in [3.8, 4) is 0 Å². The van der Waals surface area contributed by atoms with Crippen LogP contribution >= 0.6 is 50.7 Å². The van der Waals surface area contributed by atoms with Crippen molar-refractivity contribution in [1.82, 2.24) is 5.32 Å². The Kier molecular flexibility index (Phi) is 5.61. The Hall–Kier alpha value is -0.250. The van der Waals surface area contributed by atoms with Crippen LogP contribution in [0.5, 0.6) is 0 Å². The van der Waals surface area contributed by atoms with E-state index in [0.29, 0.717) is 21.6 Å². The van der Waals surface area contributed by atoms with E-state index in [-0.39, 0.29) is 5.54 Å². The average molecular weight is 408 g/mol. The van der Waals surface area contributed by atoms with Crippen molar-refractivity contribution < 1.29 is 0 Å². The zero-order valence-corrected chi connectivity index (χ0v) is 15.5. The van der Waals surface area contributed by atoms with Crippen LogP contribution in [0.3, 0.4) is 0 Å². The van der Waals surface area contributed by atoms with E-state index in [1.54, 1.807) is 12.1 Å². The SMILES string of the molecule is CC(C)(NCc1c(Cl)ccc(Cl)c1Cl)c1ccc(Br)cc1. The Morgan fingerprint density at radius 2 is 1.52 bits per heavy atom. The highest BCUT2D eigenvalue weighted by Crippen LogP contribution is 2.32. The Morgan fingerprint density at radius 3 is 2.14 bits per heavy atom. The van der Waals surface area contributed by atoms with Gasteiger partial charge >= 0.3 is 0 Å². The summed E-state index contributed by atoms with van der Waals surface area (Å²) in [5, 5.41) is 5.11. The van der Waals surface area contributed by atoms with E-state index in [9.17, 15) is 0 Å². The number of benzene rings is 2. The first-order valence-electron chi connectivity index (χ1n) is 6.45. The van der Waals surface area contributed by atoms with Crippen LogP contribution in [0.2, 0.25) is 15.1 Å². The second-order valence-corrected chi connectivity index (χ2v) is 7.42. The first-order chi connectivity index (χ1) is 9.81. The van der Waals surface area contributed by atoms with E-state index in [2.05, 4.69) is 47.2 Å². The molecule has 112 valence electrons. The predicted octanol–water partition coefficient (Wildman–Crippen LogP) is 6.43. The van der Waals surface area contributed by atoms with Crippen molar-refractivity contribution >= 4 is 50.7 Å². The molecule has 1 N–H and O–H groups in total. The molecule has 0 bridgehead atoms. The van der Waals surface area contributed by atoms with Crippen molar-refractivity contribution in [3.63, 3.8) is 0 Å². The van der Waals surface area contributed by atoms with Crippen LogP contribution in [0.25, 0.3) is 0 Å². The molecular formula is C16H15BrCl3N. The Balaban J connectivity index is 2.19. The van der Waals surface area contributed by atoms with E-state index >= 15 is 0 Å². The molecule has 0 aromatic heterocycles. The summed E-state index contributed by atoms with van der Waals surface area (Å²) in [6.07, 6.45) is 0. The molecule has 2 aromatic rings. The number of nitrogens with one attached hydrogen (secondary N) is 1. The van der Waals surface area contributed by atoms with Crippen LogP contribution in [0.15, 0.2) is 40.9 Å². The standard InChI is InChI=1S/C16H15BrCl3N/c1-16(2,10-3-5-11(17)6-4-10)21-9-12-13(18)7-8-14(19)15(12)20/h3-8,21H,9H2,1-2H3. The van der Waals surface area contributed by atoms with Gasteiger partial charge in [-0.1, -0.05) is 62.9 Å². The quantitative estimate of drug-likeness (QED) is 0.576. The Morgan fingerprint density at radius 1 is 0.952 bits per heavy atom. The minimum Gasteiger partial charge on any atom is -0.304 e. The van der Waals surface area contributed by atoms with Crippen molar-refractivity contribution in [3.05, 3.63) is 67.1 Å². The van der Waals surface area contributed by atoms with Gasteiger partial charge in [0.15, 0.2) is 0 Å². The molecule has 0 saturated carbocycles. The largest absolute Gasteiger partial charge is 0.304 e. The molecule has 0 aliphatic carbocycles. The van der Waals surface area contributed by atoms with E-state index in [1.165, 1.54) is 5.56 Å². The number of rotatable bonds is 4. The molecule has 0 aliphatic heterocycles. The van der Waals surface area contributed by atoms with E-state index < -0.39 is 0 Å². The van der Waals surface area contributed by atoms with Gasteiger partial charge in [0, 0.05) is 27.1 Å². The van der Waals surface area contributed by atoms with Gasteiger partial charge in [0.05, 0.1) is 10.0 Å². The van der Waals surface area contributed by atoms with Gasteiger partial charge in [-0.3, -0.25) is 0 Å². The van der Waals surface area contributed by atoms with Crippen molar-refractivity contribution in [1.29, 1.82) is 0 Å². The molecule has 0 fully saturated rings. The summed E-state index contributed by atoms with van der Waals surface area (Å²) in [5.74, 6) is 0. The lowest BCUT2D eigenvalue weighted by Crippen LogP contribution is -2.36. The summed E-state index contributed by atoms with van der Waals surface area (Å²) in [4.78, 5) is 0. The van der Waals surface area contributed by atoms with Gasteiger partial charge in [0.25, 0.3) is 0 Å². The minimum atomic E-state index is -0.213. The van der Waals surface area contributed by atoms with E-state index in [4.69, 9.17) is 34.8 Å². The maximum atomic E-state index is 6.23. The third-order valence-corrected chi connectivity index (χ3v) is 5.14. The molecule has 0 saturated heterocycles. The molecule has 5 heteroatoms. The molecule has 1 nitrogen and oxygen atoms in total. The Bertz CT molecular complexity index is 639. The van der Waals surface area contributed by atoms with Crippen LogP contribution in [0, 0.1) is 0 Å². The highest BCUT2D eigenvalue weighted by molar-refractivity contribution is 9.10. The monoisotopic (exact) mass is 405 g/mol. The summed E-state index contributed by atoms with van der Waals surface area (Å²) < 4.78 is 1.06. The molecular weight excluding hydrogens is 392 g/mol. The van der Waals surface area contributed by atoms with Crippen LogP contribution in [0.4, 0.5) is 0 Å². The minimum absolute atomic E-state index is 0.213. The average Bonchev–Trinajstić information content (AvgIpc) is 2.43. The van der Waals surface area contributed by atoms with Gasteiger partial charge in [-0.2, -0.15) is 0 Å². The summed E-state index contributed by atoms with van der Waals surface area (Å²) >= 11 is 21.9. The highest BCUT2D eigenvalue weighted by Gasteiger charge is 2.21. The molecule has 0 unspecified atom stereocenters. The predicted molar refractivity (Wildman–Crippen MR) is 95.5 cm³/mol. The van der Waals surface area contributed by atoms with Gasteiger partial charge in [0.1, 0.15) is 0 Å². The van der Waals surface area contributed by atoms with Crippen LogP contribution < -0.4 is 5.32 Å². The molecule has 0 radical (unpaired) electrons.